The molecule has 12 aromatic rings. The summed E-state index contributed by atoms with van der Waals surface area (Å²) in [5.74, 6) is 0. The highest BCUT2D eigenvalue weighted by molar-refractivity contribution is 5.91. The lowest BCUT2D eigenvalue weighted by Crippen LogP contribution is -2.17. The topological polar surface area (TPSA) is 6.48 Å². The van der Waals surface area contributed by atoms with E-state index in [1.54, 1.807) is 0 Å². The Balaban J connectivity index is 0.667. The van der Waals surface area contributed by atoms with Crippen LogP contribution in [0.5, 0.6) is 0 Å². The molecule has 0 saturated heterocycles. The fourth-order valence-corrected chi connectivity index (χ4v) is 15.3. The Morgan fingerprint density at radius 1 is 0.220 bits per heavy atom. The first-order valence-corrected chi connectivity index (χ1v) is 32.3. The monoisotopic (exact) mass is 1170 g/mol. The van der Waals surface area contributed by atoms with Crippen molar-refractivity contribution in [1.29, 1.82) is 0 Å². The summed E-state index contributed by atoms with van der Waals surface area (Å²) in [6, 6.07) is 95.5. The van der Waals surface area contributed by atoms with Crippen molar-refractivity contribution in [3.8, 4) is 55.6 Å². The van der Waals surface area contributed by atoms with Crippen LogP contribution < -0.4 is 9.80 Å². The maximum Gasteiger partial charge on any atom is 0.0467 e. The molecule has 0 spiro atoms. The zero-order valence-corrected chi connectivity index (χ0v) is 54.0. The molecule has 0 atom stereocenters. The first-order valence-electron chi connectivity index (χ1n) is 32.3. The second kappa shape index (κ2) is 22.0. The standard InChI is InChI=1S/C89H76N2/c1-57-43-58(2)46-73(45-57)90(69-25-17-23-67(53-69)65-19-13-11-14-20-65)71-35-41-79-77-39-33-63(51-83(77)88(7,8)85(79)55-71)29-27-61-31-37-75-76-38-32-62(50-82(76)87(5,6)81(75)49-61)28-30-64-34-40-78-80-42-36-72(56-86(80)89(9,10)84(78)52-64)91(74-47-59(3)44-60(4)48-74)70-26-18-24-68(54-70)66-21-15-12-16-22-66/h11-56H,1-10H3/b29-27+,30-28+. The summed E-state index contributed by atoms with van der Waals surface area (Å²) in [4.78, 5) is 4.87. The molecule has 3 aliphatic rings. The third kappa shape index (κ3) is 10.2. The van der Waals surface area contributed by atoms with Crippen LogP contribution in [0.1, 0.15) is 119 Å². The highest BCUT2D eigenvalue weighted by Gasteiger charge is 2.39. The summed E-state index contributed by atoms with van der Waals surface area (Å²) in [6.45, 7) is 23.1. The van der Waals surface area contributed by atoms with E-state index in [4.69, 9.17) is 0 Å². The van der Waals surface area contributed by atoms with E-state index < -0.39 is 0 Å². The maximum atomic E-state index is 2.44. The molecule has 0 amide bonds. The summed E-state index contributed by atoms with van der Waals surface area (Å²) in [7, 11) is 0. The molecule has 2 nitrogen and oxygen atoms in total. The van der Waals surface area contributed by atoms with Gasteiger partial charge in [-0.05, 0) is 234 Å². The van der Waals surface area contributed by atoms with Gasteiger partial charge in [0.25, 0.3) is 0 Å². The van der Waals surface area contributed by atoms with E-state index in [2.05, 4.69) is 358 Å². The Kier molecular flexibility index (Phi) is 13.8. The number of nitrogens with zero attached hydrogens (tertiary/aromatic N) is 2. The van der Waals surface area contributed by atoms with Crippen molar-refractivity contribution < 1.29 is 0 Å². The van der Waals surface area contributed by atoms with Gasteiger partial charge in [0.05, 0.1) is 0 Å². The average molecular weight is 1170 g/mol. The van der Waals surface area contributed by atoms with E-state index in [0.717, 1.165) is 34.1 Å². The fraction of sp³-hybridized carbons (Fsp3) is 0.146. The van der Waals surface area contributed by atoms with E-state index in [0.29, 0.717) is 0 Å². The van der Waals surface area contributed by atoms with Crippen LogP contribution in [0.25, 0.3) is 79.9 Å². The minimum absolute atomic E-state index is 0.167. The molecule has 0 N–H and O–H groups in total. The molecular weight excluding hydrogens is 1100 g/mol. The van der Waals surface area contributed by atoms with Gasteiger partial charge in [-0.15, -0.1) is 0 Å². The first kappa shape index (κ1) is 57.2. The Bertz CT molecular complexity index is 4600. The summed E-state index contributed by atoms with van der Waals surface area (Å²) >= 11 is 0. The van der Waals surface area contributed by atoms with Gasteiger partial charge in [-0.25, -0.2) is 0 Å². The Morgan fingerprint density at radius 2 is 0.484 bits per heavy atom. The van der Waals surface area contributed by atoms with Crippen molar-refractivity contribution in [2.75, 3.05) is 9.80 Å². The second-order valence-corrected chi connectivity index (χ2v) is 27.4. The van der Waals surface area contributed by atoms with E-state index >= 15 is 0 Å². The van der Waals surface area contributed by atoms with Crippen LogP contribution in [0.3, 0.4) is 0 Å². The van der Waals surface area contributed by atoms with Crippen molar-refractivity contribution in [3.63, 3.8) is 0 Å². The van der Waals surface area contributed by atoms with Crippen LogP contribution in [0, 0.1) is 27.7 Å². The number of aryl methyl sites for hydroxylation is 4. The van der Waals surface area contributed by atoms with Gasteiger partial charge in [0.1, 0.15) is 0 Å². The average Bonchev–Trinajstić information content (AvgIpc) is 1.62. The van der Waals surface area contributed by atoms with Crippen molar-refractivity contribution >= 4 is 58.4 Å². The molecule has 0 aliphatic heterocycles. The number of rotatable bonds is 12. The van der Waals surface area contributed by atoms with Crippen molar-refractivity contribution in [2.45, 2.75) is 85.5 Å². The molecule has 0 bridgehead atoms. The molecule has 0 radical (unpaired) electrons. The normalized spacial score (nSPS) is 14.2. The molecule has 0 aromatic heterocycles. The van der Waals surface area contributed by atoms with Crippen LogP contribution >= 0.6 is 0 Å². The zero-order chi connectivity index (χ0) is 62.5. The molecule has 12 aromatic carbocycles. The van der Waals surface area contributed by atoms with Gasteiger partial charge in [-0.2, -0.15) is 0 Å². The molecular formula is C89H76N2. The predicted octanol–water partition coefficient (Wildman–Crippen LogP) is 24.5. The molecule has 0 fully saturated rings. The fourth-order valence-electron chi connectivity index (χ4n) is 15.3. The van der Waals surface area contributed by atoms with Gasteiger partial charge >= 0.3 is 0 Å². The quantitative estimate of drug-likeness (QED) is 0.113. The van der Waals surface area contributed by atoms with Crippen LogP contribution in [-0.4, -0.2) is 0 Å². The predicted molar refractivity (Wildman–Crippen MR) is 389 cm³/mol. The van der Waals surface area contributed by atoms with Gasteiger partial charge in [0.2, 0.25) is 0 Å². The third-order valence-corrected chi connectivity index (χ3v) is 19.9. The Hall–Kier alpha value is -10.3. The molecule has 15 rings (SSSR count). The minimum Gasteiger partial charge on any atom is -0.310 e. The molecule has 0 saturated carbocycles. The Morgan fingerprint density at radius 3 is 0.791 bits per heavy atom. The summed E-state index contributed by atoms with van der Waals surface area (Å²) in [5.41, 5.74) is 37.0. The molecule has 0 heterocycles. The number of anilines is 6. The smallest absolute Gasteiger partial charge is 0.0467 e. The first-order chi connectivity index (χ1) is 43.9. The number of hydrogen-bond acceptors (Lipinski definition) is 2. The highest BCUT2D eigenvalue weighted by atomic mass is 15.1. The SMILES string of the molecule is Cc1cc(C)cc(N(c2cccc(-c3ccccc3)c2)c2ccc3c(c2)C(C)(C)c2cc(/C=C/c4ccc5c(c4)C(C)(C)c4cc(/C=C/c6ccc7c(c6)C(C)(C)c6cc(N(c8cc(C)cc(C)c8)c8cccc(-c9ccccc9)c8)ccc6-7)ccc4-5)ccc2-3)c1. The molecule has 3 aliphatic carbocycles. The molecule has 0 unspecified atom stereocenters. The van der Waals surface area contributed by atoms with E-state index in [1.807, 2.05) is 0 Å². The van der Waals surface area contributed by atoms with E-state index in [1.165, 1.54) is 134 Å². The van der Waals surface area contributed by atoms with E-state index in [-0.39, 0.29) is 16.2 Å². The van der Waals surface area contributed by atoms with Crippen molar-refractivity contribution in [3.05, 3.63) is 333 Å². The van der Waals surface area contributed by atoms with E-state index in [9.17, 15) is 0 Å². The van der Waals surface area contributed by atoms with Crippen LogP contribution in [0.2, 0.25) is 0 Å². The number of fused-ring (bicyclic) bond motifs is 9. The highest BCUT2D eigenvalue weighted by Crippen LogP contribution is 2.54. The zero-order valence-electron chi connectivity index (χ0n) is 54.0. The van der Waals surface area contributed by atoms with Gasteiger partial charge in [0, 0.05) is 50.4 Å². The third-order valence-electron chi connectivity index (χ3n) is 19.9. The number of hydrogen-bond donors (Lipinski definition) is 0. The van der Waals surface area contributed by atoms with Gasteiger partial charge in [-0.3, -0.25) is 0 Å². The molecule has 442 valence electrons. The molecule has 91 heavy (non-hydrogen) atoms. The van der Waals surface area contributed by atoms with Crippen LogP contribution in [0.15, 0.2) is 255 Å². The van der Waals surface area contributed by atoms with Crippen LogP contribution in [0.4, 0.5) is 34.1 Å². The van der Waals surface area contributed by atoms with Gasteiger partial charge in [-0.1, -0.05) is 248 Å². The lowest BCUT2D eigenvalue weighted by Gasteiger charge is -2.29. The van der Waals surface area contributed by atoms with Crippen molar-refractivity contribution in [1.82, 2.24) is 0 Å². The summed E-state index contributed by atoms with van der Waals surface area (Å²) in [6.07, 6.45) is 9.21. The number of benzene rings is 12. The minimum atomic E-state index is -0.207. The Labute approximate surface area is 538 Å². The lowest BCUT2D eigenvalue weighted by molar-refractivity contribution is 0.660. The van der Waals surface area contributed by atoms with Gasteiger partial charge < -0.3 is 9.80 Å². The van der Waals surface area contributed by atoms with Crippen molar-refractivity contribution in [2.24, 2.45) is 0 Å². The lowest BCUT2D eigenvalue weighted by atomic mass is 9.81. The summed E-state index contributed by atoms with van der Waals surface area (Å²) < 4.78 is 0. The largest absolute Gasteiger partial charge is 0.310 e. The molecule has 2 heteroatoms. The summed E-state index contributed by atoms with van der Waals surface area (Å²) in [5, 5.41) is 0. The van der Waals surface area contributed by atoms with Gasteiger partial charge in [0.15, 0.2) is 0 Å². The van der Waals surface area contributed by atoms with Crippen LogP contribution in [-0.2, 0) is 16.2 Å². The maximum absolute atomic E-state index is 2.44. The second-order valence-electron chi connectivity index (χ2n) is 27.4.